The Labute approximate surface area is 124 Å². The zero-order valence-corrected chi connectivity index (χ0v) is 12.1. The molecular formula is C17H20FNO2. The number of rotatable bonds is 7. The summed E-state index contributed by atoms with van der Waals surface area (Å²) in [5.74, 6) is 1.07. The molecule has 0 fully saturated rings. The van der Waals surface area contributed by atoms with Gasteiger partial charge in [0.1, 0.15) is 12.4 Å². The van der Waals surface area contributed by atoms with Crippen molar-refractivity contribution in [3.8, 4) is 11.5 Å². The van der Waals surface area contributed by atoms with Gasteiger partial charge in [-0.3, -0.25) is 0 Å². The van der Waals surface area contributed by atoms with Crippen LogP contribution in [0, 0.1) is 5.82 Å². The zero-order chi connectivity index (χ0) is 15.1. The van der Waals surface area contributed by atoms with Gasteiger partial charge in [0.25, 0.3) is 0 Å². The van der Waals surface area contributed by atoms with E-state index in [0.29, 0.717) is 24.7 Å². The fourth-order valence-electron chi connectivity index (χ4n) is 2.08. The van der Waals surface area contributed by atoms with E-state index in [-0.39, 0.29) is 5.82 Å². The van der Waals surface area contributed by atoms with Crippen molar-refractivity contribution in [2.45, 2.75) is 19.4 Å². The summed E-state index contributed by atoms with van der Waals surface area (Å²) in [6, 6.07) is 12.2. The summed E-state index contributed by atoms with van der Waals surface area (Å²) >= 11 is 0. The molecule has 4 heteroatoms. The molecule has 0 aliphatic carbocycles. The summed E-state index contributed by atoms with van der Waals surface area (Å²) in [4.78, 5) is 0. The van der Waals surface area contributed by atoms with Crippen LogP contribution in [-0.4, -0.2) is 13.7 Å². The molecule has 2 aromatic carbocycles. The lowest BCUT2D eigenvalue weighted by Crippen LogP contribution is -2.02. The third-order valence-corrected chi connectivity index (χ3v) is 3.18. The number of hydrogen-bond acceptors (Lipinski definition) is 3. The van der Waals surface area contributed by atoms with Gasteiger partial charge in [-0.05, 0) is 54.8 Å². The molecule has 0 aliphatic heterocycles. The Balaban J connectivity index is 2.09. The molecule has 3 nitrogen and oxygen atoms in total. The van der Waals surface area contributed by atoms with Crippen molar-refractivity contribution < 1.29 is 13.9 Å². The van der Waals surface area contributed by atoms with Gasteiger partial charge in [-0.1, -0.05) is 18.2 Å². The van der Waals surface area contributed by atoms with E-state index in [2.05, 4.69) is 0 Å². The van der Waals surface area contributed by atoms with Crippen LogP contribution in [0.4, 0.5) is 4.39 Å². The van der Waals surface area contributed by atoms with Gasteiger partial charge < -0.3 is 15.2 Å². The van der Waals surface area contributed by atoms with E-state index in [1.807, 2.05) is 24.3 Å². The van der Waals surface area contributed by atoms with Gasteiger partial charge in [-0.15, -0.1) is 0 Å². The summed E-state index contributed by atoms with van der Waals surface area (Å²) in [6.07, 6.45) is 1.83. The number of methoxy groups -OCH3 is 1. The highest BCUT2D eigenvalue weighted by Gasteiger charge is 2.06. The van der Waals surface area contributed by atoms with Crippen molar-refractivity contribution in [3.05, 3.63) is 59.4 Å². The van der Waals surface area contributed by atoms with Crippen molar-refractivity contribution in [2.24, 2.45) is 5.73 Å². The second-order valence-electron chi connectivity index (χ2n) is 4.80. The third-order valence-electron chi connectivity index (χ3n) is 3.18. The molecule has 0 bridgehead atoms. The molecule has 2 aromatic rings. The average molecular weight is 289 g/mol. The average Bonchev–Trinajstić information content (AvgIpc) is 2.51. The predicted octanol–water partition coefficient (Wildman–Crippen LogP) is 3.30. The van der Waals surface area contributed by atoms with E-state index >= 15 is 0 Å². The molecule has 0 atom stereocenters. The van der Waals surface area contributed by atoms with Crippen LogP contribution in [0.2, 0.25) is 0 Å². The zero-order valence-electron chi connectivity index (χ0n) is 12.1. The van der Waals surface area contributed by atoms with Crippen LogP contribution in [-0.2, 0) is 13.0 Å². The van der Waals surface area contributed by atoms with Crippen molar-refractivity contribution in [3.63, 3.8) is 0 Å². The van der Waals surface area contributed by atoms with Gasteiger partial charge in [0.15, 0.2) is 11.5 Å². The Morgan fingerprint density at radius 3 is 2.62 bits per heavy atom. The first-order chi connectivity index (χ1) is 10.2. The van der Waals surface area contributed by atoms with E-state index < -0.39 is 0 Å². The fourth-order valence-corrected chi connectivity index (χ4v) is 2.08. The Morgan fingerprint density at radius 1 is 1.05 bits per heavy atom. The van der Waals surface area contributed by atoms with E-state index in [1.165, 1.54) is 12.1 Å². The minimum absolute atomic E-state index is 0.264. The summed E-state index contributed by atoms with van der Waals surface area (Å²) in [6.45, 7) is 0.958. The quantitative estimate of drug-likeness (QED) is 0.850. The minimum Gasteiger partial charge on any atom is -0.493 e. The van der Waals surface area contributed by atoms with Crippen LogP contribution in [0.15, 0.2) is 42.5 Å². The molecule has 0 aliphatic rings. The topological polar surface area (TPSA) is 44.5 Å². The van der Waals surface area contributed by atoms with Gasteiger partial charge >= 0.3 is 0 Å². The first kappa shape index (κ1) is 15.3. The lowest BCUT2D eigenvalue weighted by atomic mass is 10.1. The normalized spacial score (nSPS) is 10.4. The van der Waals surface area contributed by atoms with E-state index in [4.69, 9.17) is 15.2 Å². The molecule has 0 amide bonds. The summed E-state index contributed by atoms with van der Waals surface area (Å²) in [7, 11) is 1.60. The van der Waals surface area contributed by atoms with Crippen LogP contribution in [0.25, 0.3) is 0 Å². The highest BCUT2D eigenvalue weighted by Crippen LogP contribution is 2.29. The molecule has 0 aromatic heterocycles. The van der Waals surface area contributed by atoms with E-state index in [1.54, 1.807) is 13.2 Å². The van der Waals surface area contributed by atoms with Crippen LogP contribution in [0.3, 0.4) is 0 Å². The van der Waals surface area contributed by atoms with E-state index in [9.17, 15) is 4.39 Å². The van der Waals surface area contributed by atoms with Gasteiger partial charge in [-0.25, -0.2) is 4.39 Å². The number of benzene rings is 2. The molecule has 2 N–H and O–H groups in total. The number of halogens is 1. The summed E-state index contributed by atoms with van der Waals surface area (Å²) < 4.78 is 24.2. The smallest absolute Gasteiger partial charge is 0.161 e. The molecule has 0 heterocycles. The highest BCUT2D eigenvalue weighted by atomic mass is 19.1. The maximum absolute atomic E-state index is 13.1. The van der Waals surface area contributed by atoms with Gasteiger partial charge in [0.2, 0.25) is 0 Å². The Hall–Kier alpha value is -2.07. The van der Waals surface area contributed by atoms with Crippen LogP contribution < -0.4 is 15.2 Å². The largest absolute Gasteiger partial charge is 0.493 e. The van der Waals surface area contributed by atoms with Crippen LogP contribution in [0.5, 0.6) is 11.5 Å². The Morgan fingerprint density at radius 2 is 1.90 bits per heavy atom. The minimum atomic E-state index is -0.264. The molecule has 21 heavy (non-hydrogen) atoms. The van der Waals surface area contributed by atoms with Gasteiger partial charge in [0.05, 0.1) is 7.11 Å². The number of aryl methyl sites for hydroxylation is 1. The molecule has 0 saturated carbocycles. The number of hydrogen-bond donors (Lipinski definition) is 1. The van der Waals surface area contributed by atoms with Gasteiger partial charge in [0, 0.05) is 0 Å². The molecule has 0 radical (unpaired) electrons. The predicted molar refractivity (Wildman–Crippen MR) is 81.1 cm³/mol. The van der Waals surface area contributed by atoms with Crippen LogP contribution in [0.1, 0.15) is 17.5 Å². The molecule has 2 rings (SSSR count). The second kappa shape index (κ2) is 7.64. The maximum Gasteiger partial charge on any atom is 0.161 e. The monoisotopic (exact) mass is 289 g/mol. The molecule has 0 spiro atoms. The standard InChI is InChI=1S/C17H20FNO2/c1-20-16-8-7-13(5-3-9-19)11-17(16)21-12-14-4-2-6-15(18)10-14/h2,4,6-8,10-11H,3,5,9,12,19H2,1H3. The van der Waals surface area contributed by atoms with Gasteiger partial charge in [-0.2, -0.15) is 0 Å². The van der Waals surface area contributed by atoms with Crippen molar-refractivity contribution in [1.82, 2.24) is 0 Å². The van der Waals surface area contributed by atoms with Crippen molar-refractivity contribution in [1.29, 1.82) is 0 Å². The SMILES string of the molecule is COc1ccc(CCCN)cc1OCc1cccc(F)c1. The van der Waals surface area contributed by atoms with Crippen molar-refractivity contribution in [2.75, 3.05) is 13.7 Å². The Kier molecular flexibility index (Phi) is 5.58. The van der Waals surface area contributed by atoms with Crippen LogP contribution >= 0.6 is 0 Å². The first-order valence-corrected chi connectivity index (χ1v) is 6.97. The summed E-state index contributed by atoms with van der Waals surface area (Å²) in [5, 5.41) is 0. The lowest BCUT2D eigenvalue weighted by molar-refractivity contribution is 0.283. The Bertz CT molecular complexity index is 587. The van der Waals surface area contributed by atoms with E-state index in [0.717, 1.165) is 24.0 Å². The highest BCUT2D eigenvalue weighted by molar-refractivity contribution is 5.43. The third kappa shape index (κ3) is 4.46. The molecule has 0 saturated heterocycles. The summed E-state index contributed by atoms with van der Waals surface area (Å²) in [5.41, 5.74) is 7.46. The molecular weight excluding hydrogens is 269 g/mol. The number of ether oxygens (including phenoxy) is 2. The number of nitrogens with two attached hydrogens (primary N) is 1. The first-order valence-electron chi connectivity index (χ1n) is 6.97. The maximum atomic E-state index is 13.1. The molecule has 112 valence electrons. The second-order valence-corrected chi connectivity index (χ2v) is 4.80. The van der Waals surface area contributed by atoms with Crippen molar-refractivity contribution >= 4 is 0 Å². The fraction of sp³-hybridized carbons (Fsp3) is 0.294. The lowest BCUT2D eigenvalue weighted by Gasteiger charge is -2.12. The molecule has 0 unspecified atom stereocenters.